The third-order valence-corrected chi connectivity index (χ3v) is 7.92. The highest BCUT2D eigenvalue weighted by Gasteiger charge is 2.27. The van der Waals surface area contributed by atoms with Gasteiger partial charge in [-0.3, -0.25) is 9.71 Å². The molecule has 2 aliphatic heterocycles. The van der Waals surface area contributed by atoms with Crippen molar-refractivity contribution in [2.45, 2.75) is 32.6 Å². The summed E-state index contributed by atoms with van der Waals surface area (Å²) < 4.78 is 28.9. The molecule has 2 heterocycles. The third kappa shape index (κ3) is 3.22. The number of rotatable bonds is 4. The second-order valence-electron chi connectivity index (χ2n) is 7.21. The van der Waals surface area contributed by atoms with Crippen molar-refractivity contribution in [3.63, 3.8) is 0 Å². The van der Waals surface area contributed by atoms with Gasteiger partial charge in [0, 0.05) is 17.6 Å². The molecule has 5 nitrogen and oxygen atoms in total. The van der Waals surface area contributed by atoms with Gasteiger partial charge in [0.2, 0.25) is 0 Å². The topological polar surface area (TPSA) is 61.8 Å². The molecule has 1 N–H and O–H groups in total. The van der Waals surface area contributed by atoms with E-state index in [2.05, 4.69) is 20.0 Å². The Bertz CT molecular complexity index is 1090. The summed E-state index contributed by atoms with van der Waals surface area (Å²) in [7, 11) is -3.66. The number of aliphatic imine (C=N–C) groups is 1. The summed E-state index contributed by atoms with van der Waals surface area (Å²) in [6.07, 6.45) is 0. The van der Waals surface area contributed by atoms with Gasteiger partial charge in [-0.1, -0.05) is 30.0 Å². The zero-order valence-electron chi connectivity index (χ0n) is 16.4. The lowest BCUT2D eigenvalue weighted by Crippen LogP contribution is -2.20. The van der Waals surface area contributed by atoms with Gasteiger partial charge in [-0.25, -0.2) is 8.42 Å². The minimum Gasteiger partial charge on any atom is -0.318 e. The molecule has 2 aliphatic rings. The first kappa shape index (κ1) is 19.1. The van der Waals surface area contributed by atoms with Crippen molar-refractivity contribution in [1.29, 1.82) is 0 Å². The molecule has 0 saturated carbocycles. The first-order valence-corrected chi connectivity index (χ1v) is 11.5. The fraction of sp³-hybridized carbons (Fsp3) is 0.286. The average Bonchev–Trinajstić information content (AvgIpc) is 3.24. The monoisotopic (exact) mass is 413 g/mol. The molecule has 28 heavy (non-hydrogen) atoms. The van der Waals surface area contributed by atoms with Gasteiger partial charge < -0.3 is 4.90 Å². The quantitative estimate of drug-likeness (QED) is 0.805. The lowest BCUT2D eigenvalue weighted by molar-refractivity contribution is 0.599. The van der Waals surface area contributed by atoms with Crippen LogP contribution in [-0.4, -0.2) is 31.6 Å². The molecular weight excluding hydrogens is 390 g/mol. The van der Waals surface area contributed by atoms with Gasteiger partial charge in [-0.05, 0) is 67.6 Å². The molecular formula is C21H23N3O2S2. The van der Waals surface area contributed by atoms with Crippen LogP contribution in [0.25, 0.3) is 5.70 Å². The maximum Gasteiger partial charge on any atom is 0.262 e. The van der Waals surface area contributed by atoms with E-state index in [-0.39, 0.29) is 0 Å². The number of amidine groups is 1. The zero-order valence-corrected chi connectivity index (χ0v) is 18.0. The number of hydrogen-bond donors (Lipinski definition) is 1. The van der Waals surface area contributed by atoms with Crippen LogP contribution in [0.2, 0.25) is 0 Å². The molecule has 0 radical (unpaired) electrons. The van der Waals surface area contributed by atoms with Gasteiger partial charge in [-0.2, -0.15) is 0 Å². The molecule has 2 aromatic rings. The Kier molecular flexibility index (Phi) is 4.75. The zero-order chi connectivity index (χ0) is 20.1. The Balaban J connectivity index is 1.61. The molecule has 4 rings (SSSR count). The highest BCUT2D eigenvalue weighted by atomic mass is 32.2. The molecule has 0 bridgehead atoms. The first-order chi connectivity index (χ1) is 13.3. The Labute approximate surface area is 170 Å². The van der Waals surface area contributed by atoms with E-state index in [0.29, 0.717) is 10.6 Å². The Morgan fingerprint density at radius 3 is 2.32 bits per heavy atom. The minimum atomic E-state index is -3.66. The van der Waals surface area contributed by atoms with Crippen molar-refractivity contribution in [1.82, 2.24) is 4.90 Å². The second kappa shape index (κ2) is 6.97. The van der Waals surface area contributed by atoms with E-state index in [1.54, 1.807) is 11.8 Å². The van der Waals surface area contributed by atoms with Crippen molar-refractivity contribution in [3.8, 4) is 0 Å². The molecule has 146 valence electrons. The number of fused-ring (bicyclic) bond motifs is 1. The molecule has 0 spiro atoms. The second-order valence-corrected chi connectivity index (χ2v) is 9.67. The van der Waals surface area contributed by atoms with E-state index >= 15 is 0 Å². The number of nitrogens with one attached hydrogen (secondary N) is 1. The average molecular weight is 414 g/mol. The van der Waals surface area contributed by atoms with E-state index in [0.717, 1.165) is 51.8 Å². The smallest absolute Gasteiger partial charge is 0.262 e. The van der Waals surface area contributed by atoms with Gasteiger partial charge in [0.05, 0.1) is 17.1 Å². The summed E-state index contributed by atoms with van der Waals surface area (Å²) in [6.45, 7) is 9.33. The number of benzene rings is 2. The standard InChI is InChI=1S/C21H23N3O2S2/c1-13-11-14(2)16(4)20(15(13)3)28(25,26)23-18-7-5-17(6-8-18)19-12-27-21-22-9-10-24(19)21/h5-8,11-12,23H,9-10H2,1-4H3. The van der Waals surface area contributed by atoms with Crippen LogP contribution in [-0.2, 0) is 10.0 Å². The van der Waals surface area contributed by atoms with Crippen molar-refractivity contribution in [2.75, 3.05) is 17.8 Å². The van der Waals surface area contributed by atoms with Crippen LogP contribution in [0.3, 0.4) is 0 Å². The van der Waals surface area contributed by atoms with Gasteiger partial charge >= 0.3 is 0 Å². The summed E-state index contributed by atoms with van der Waals surface area (Å²) in [5.74, 6) is 0. The highest BCUT2D eigenvalue weighted by molar-refractivity contribution is 8.16. The third-order valence-electron chi connectivity index (χ3n) is 5.37. The van der Waals surface area contributed by atoms with Crippen LogP contribution in [0.15, 0.2) is 45.6 Å². The Hall–Kier alpha value is -2.25. The van der Waals surface area contributed by atoms with Crippen LogP contribution in [0.4, 0.5) is 5.69 Å². The summed E-state index contributed by atoms with van der Waals surface area (Å²) in [6, 6.07) is 9.56. The SMILES string of the molecule is Cc1cc(C)c(C)c(S(=O)(=O)Nc2ccc(C3=CSC4=NCCN34)cc2)c1C. The van der Waals surface area contributed by atoms with Gasteiger partial charge in [0.15, 0.2) is 5.17 Å². The Morgan fingerprint density at radius 1 is 1.04 bits per heavy atom. The predicted molar refractivity (Wildman–Crippen MR) is 117 cm³/mol. The minimum absolute atomic E-state index is 0.377. The number of anilines is 1. The normalized spacial score (nSPS) is 16.1. The molecule has 2 aromatic carbocycles. The van der Waals surface area contributed by atoms with E-state index in [1.165, 1.54) is 0 Å². The summed E-state index contributed by atoms with van der Waals surface area (Å²) in [5, 5.41) is 3.14. The lowest BCUT2D eigenvalue weighted by Gasteiger charge is -2.18. The highest BCUT2D eigenvalue weighted by Crippen LogP contribution is 2.35. The van der Waals surface area contributed by atoms with E-state index < -0.39 is 10.0 Å². The van der Waals surface area contributed by atoms with Crippen LogP contribution < -0.4 is 4.72 Å². The van der Waals surface area contributed by atoms with Crippen molar-refractivity contribution in [2.24, 2.45) is 4.99 Å². The Morgan fingerprint density at radius 2 is 1.68 bits per heavy atom. The number of hydrogen-bond acceptors (Lipinski definition) is 5. The number of sulfonamides is 1. The summed E-state index contributed by atoms with van der Waals surface area (Å²) in [5.41, 5.74) is 6.28. The van der Waals surface area contributed by atoms with Crippen molar-refractivity contribution >= 4 is 38.3 Å². The van der Waals surface area contributed by atoms with Crippen LogP contribution >= 0.6 is 11.8 Å². The summed E-state index contributed by atoms with van der Waals surface area (Å²) in [4.78, 5) is 7.04. The fourth-order valence-electron chi connectivity index (χ4n) is 3.65. The fourth-order valence-corrected chi connectivity index (χ4v) is 6.29. The molecule has 0 saturated heterocycles. The van der Waals surface area contributed by atoms with Crippen LogP contribution in [0.1, 0.15) is 27.8 Å². The largest absolute Gasteiger partial charge is 0.318 e. The molecule has 0 atom stereocenters. The van der Waals surface area contributed by atoms with E-state index in [1.807, 2.05) is 58.0 Å². The number of thioether (sulfide) groups is 1. The maximum atomic E-state index is 13.1. The molecule has 0 aromatic heterocycles. The van der Waals surface area contributed by atoms with Crippen LogP contribution in [0, 0.1) is 27.7 Å². The van der Waals surface area contributed by atoms with Gasteiger partial charge in [-0.15, -0.1) is 0 Å². The lowest BCUT2D eigenvalue weighted by atomic mass is 10.0. The molecule has 0 unspecified atom stereocenters. The molecule has 7 heteroatoms. The van der Waals surface area contributed by atoms with Crippen molar-refractivity contribution < 1.29 is 8.42 Å². The molecule has 0 aliphatic carbocycles. The van der Waals surface area contributed by atoms with E-state index in [4.69, 9.17) is 0 Å². The predicted octanol–water partition coefficient (Wildman–Crippen LogP) is 4.44. The van der Waals surface area contributed by atoms with E-state index in [9.17, 15) is 8.42 Å². The number of nitrogens with zero attached hydrogens (tertiary/aromatic N) is 2. The maximum absolute atomic E-state index is 13.1. The summed E-state index contributed by atoms with van der Waals surface area (Å²) >= 11 is 1.64. The van der Waals surface area contributed by atoms with Gasteiger partial charge in [0.25, 0.3) is 10.0 Å². The van der Waals surface area contributed by atoms with Crippen LogP contribution in [0.5, 0.6) is 0 Å². The van der Waals surface area contributed by atoms with Crippen molar-refractivity contribution in [3.05, 3.63) is 63.6 Å². The first-order valence-electron chi connectivity index (χ1n) is 9.17. The molecule has 0 fully saturated rings. The molecule has 0 amide bonds. The number of aryl methyl sites for hydroxylation is 2. The van der Waals surface area contributed by atoms with Gasteiger partial charge in [0.1, 0.15) is 0 Å².